The quantitative estimate of drug-likeness (QED) is 0.127. The molecule has 0 aromatic rings. The van der Waals surface area contributed by atoms with E-state index < -0.39 is 34.3 Å². The number of hydrogen-bond donors (Lipinski definition) is 2. The minimum Gasteiger partial charge on any atom is -0.464 e. The lowest BCUT2D eigenvalue weighted by Gasteiger charge is -2.37. The van der Waals surface area contributed by atoms with Crippen LogP contribution in [0, 0.1) is 16.0 Å². The third-order valence-electron chi connectivity index (χ3n) is 4.22. The highest BCUT2D eigenvalue weighted by Gasteiger charge is 2.57. The number of carbonyl (C=O) groups is 3. The summed E-state index contributed by atoms with van der Waals surface area (Å²) in [6.45, 7) is 2.94. The smallest absolute Gasteiger partial charge is 0.339 e. The molecule has 12 heteroatoms. The van der Waals surface area contributed by atoms with E-state index in [-0.39, 0.29) is 56.7 Å². The second-order valence-corrected chi connectivity index (χ2v) is 6.60. The SMILES string of the molecule is CC(CS)C(=O)N1CCC[C@@]1(C(=O)OCCCO[N+](=O)[O-])C(=O)[C@H](C)N.Cl. The van der Waals surface area contributed by atoms with Crippen molar-refractivity contribution in [1.82, 2.24) is 4.90 Å². The number of rotatable bonds is 10. The van der Waals surface area contributed by atoms with E-state index in [1.54, 1.807) is 6.92 Å². The Morgan fingerprint density at radius 1 is 1.33 bits per heavy atom. The number of ether oxygens (including phenoxy) is 1. The minimum atomic E-state index is -1.76. The number of ketones is 1. The number of thiol groups is 1. The Hall–Kier alpha value is -1.59. The van der Waals surface area contributed by atoms with Crippen molar-refractivity contribution in [3.8, 4) is 0 Å². The fourth-order valence-corrected chi connectivity index (χ4v) is 3.05. The molecule has 0 aliphatic carbocycles. The van der Waals surface area contributed by atoms with E-state index in [0.29, 0.717) is 6.42 Å². The number of Topliss-reactive ketones (excluding diaryl/α,β-unsaturated/α-hetero) is 1. The molecule has 0 saturated carbocycles. The molecule has 1 aliphatic rings. The summed E-state index contributed by atoms with van der Waals surface area (Å²) in [6, 6.07) is -0.958. The van der Waals surface area contributed by atoms with Crippen LogP contribution in [0.5, 0.6) is 0 Å². The minimum absolute atomic E-state index is 0. The summed E-state index contributed by atoms with van der Waals surface area (Å²) in [4.78, 5) is 53.6. The predicted molar refractivity (Wildman–Crippen MR) is 101 cm³/mol. The van der Waals surface area contributed by atoms with Gasteiger partial charge in [-0.25, -0.2) is 4.79 Å². The van der Waals surface area contributed by atoms with Crippen LogP contribution in [-0.4, -0.2) is 64.7 Å². The number of esters is 1. The highest BCUT2D eigenvalue weighted by atomic mass is 35.5. The Labute approximate surface area is 169 Å². The summed E-state index contributed by atoms with van der Waals surface area (Å²) in [7, 11) is 0. The number of nitrogens with zero attached hydrogens (tertiary/aromatic N) is 2. The molecular formula is C15H26ClN3O7S. The number of hydrogen-bond acceptors (Lipinski definition) is 9. The van der Waals surface area contributed by atoms with Gasteiger partial charge >= 0.3 is 5.97 Å². The van der Waals surface area contributed by atoms with Gasteiger partial charge < -0.3 is 20.2 Å². The first-order valence-electron chi connectivity index (χ1n) is 8.35. The van der Waals surface area contributed by atoms with E-state index in [1.807, 2.05) is 0 Å². The highest BCUT2D eigenvalue weighted by molar-refractivity contribution is 7.80. The van der Waals surface area contributed by atoms with Gasteiger partial charge in [0.2, 0.25) is 11.4 Å². The molecule has 2 N–H and O–H groups in total. The van der Waals surface area contributed by atoms with Crippen molar-refractivity contribution in [1.29, 1.82) is 0 Å². The highest BCUT2D eigenvalue weighted by Crippen LogP contribution is 2.34. The first kappa shape index (κ1) is 25.4. The Morgan fingerprint density at radius 2 is 1.96 bits per heavy atom. The summed E-state index contributed by atoms with van der Waals surface area (Å²) in [5, 5.41) is 9.15. The molecule has 1 aliphatic heterocycles. The molecule has 0 spiro atoms. The normalized spacial score (nSPS) is 21.0. The topological polar surface area (TPSA) is 142 Å². The number of nitrogens with two attached hydrogens (primary N) is 1. The standard InChI is InChI=1S/C15H25N3O7S.ClH/c1-10(9-26)13(20)17-6-3-5-15(17,12(19)11(2)16)14(21)24-7-4-8-25-18(22)23;/h10-11,26H,3-9,16H2,1-2H3;1H/t10?,11-,15-;/m0./s1. The van der Waals surface area contributed by atoms with Gasteiger partial charge in [0.1, 0.15) is 0 Å². The van der Waals surface area contributed by atoms with Crippen LogP contribution >= 0.6 is 25.0 Å². The number of amides is 1. The van der Waals surface area contributed by atoms with E-state index in [1.165, 1.54) is 11.8 Å². The summed E-state index contributed by atoms with van der Waals surface area (Å²) in [6.07, 6.45) is 0.668. The second-order valence-electron chi connectivity index (χ2n) is 6.24. The van der Waals surface area contributed by atoms with Gasteiger partial charge in [0.15, 0.2) is 5.78 Å². The van der Waals surface area contributed by atoms with Crippen molar-refractivity contribution < 1.29 is 29.0 Å². The lowest BCUT2D eigenvalue weighted by atomic mass is 9.86. The zero-order chi connectivity index (χ0) is 19.9. The lowest BCUT2D eigenvalue weighted by molar-refractivity contribution is -0.757. The summed E-state index contributed by atoms with van der Waals surface area (Å²) in [5.41, 5.74) is 3.96. The molecule has 1 saturated heterocycles. The van der Waals surface area contributed by atoms with Gasteiger partial charge in [0.05, 0.1) is 19.3 Å². The van der Waals surface area contributed by atoms with Gasteiger partial charge in [0.25, 0.3) is 5.09 Å². The predicted octanol–water partition coefficient (Wildman–Crippen LogP) is 0.393. The van der Waals surface area contributed by atoms with Gasteiger partial charge in [-0.15, -0.1) is 22.5 Å². The van der Waals surface area contributed by atoms with Gasteiger partial charge in [-0.05, 0) is 19.8 Å². The third kappa shape index (κ3) is 5.94. The van der Waals surface area contributed by atoms with Crippen LogP contribution in [0.4, 0.5) is 0 Å². The van der Waals surface area contributed by atoms with E-state index in [4.69, 9.17) is 10.5 Å². The molecule has 156 valence electrons. The van der Waals surface area contributed by atoms with Crippen LogP contribution in [0.3, 0.4) is 0 Å². The van der Waals surface area contributed by atoms with Gasteiger partial charge in [-0.2, -0.15) is 12.6 Å². The zero-order valence-electron chi connectivity index (χ0n) is 15.3. The second kappa shape index (κ2) is 11.3. The van der Waals surface area contributed by atoms with E-state index >= 15 is 0 Å². The first-order chi connectivity index (χ1) is 12.2. The first-order valence-corrected chi connectivity index (χ1v) is 8.98. The molecule has 10 nitrogen and oxygen atoms in total. The number of halogens is 1. The molecule has 1 rings (SSSR count). The number of likely N-dealkylation sites (tertiary alicyclic amines) is 1. The van der Waals surface area contributed by atoms with Crippen LogP contribution in [0.15, 0.2) is 0 Å². The Kier molecular flexibility index (Phi) is 10.6. The van der Waals surface area contributed by atoms with Crippen LogP contribution in [-0.2, 0) is 24.0 Å². The molecule has 0 aromatic carbocycles. The van der Waals surface area contributed by atoms with Crippen LogP contribution < -0.4 is 5.73 Å². The molecule has 3 atom stereocenters. The molecule has 1 unspecified atom stereocenters. The molecule has 0 radical (unpaired) electrons. The van der Waals surface area contributed by atoms with E-state index in [9.17, 15) is 24.5 Å². The van der Waals surface area contributed by atoms with Crippen LogP contribution in [0.25, 0.3) is 0 Å². The van der Waals surface area contributed by atoms with Crippen molar-refractivity contribution in [2.75, 3.05) is 25.5 Å². The molecule has 1 heterocycles. The van der Waals surface area contributed by atoms with Crippen molar-refractivity contribution >= 4 is 42.7 Å². The van der Waals surface area contributed by atoms with Crippen molar-refractivity contribution in [2.45, 2.75) is 44.7 Å². The zero-order valence-corrected chi connectivity index (χ0v) is 17.0. The summed E-state index contributed by atoms with van der Waals surface area (Å²) in [5.74, 6) is -2.01. The van der Waals surface area contributed by atoms with E-state index in [2.05, 4.69) is 17.5 Å². The fraction of sp³-hybridized carbons (Fsp3) is 0.800. The van der Waals surface area contributed by atoms with Crippen molar-refractivity contribution in [3.63, 3.8) is 0 Å². The maximum atomic E-state index is 12.8. The average molecular weight is 428 g/mol. The lowest BCUT2D eigenvalue weighted by Crippen LogP contribution is -2.63. The van der Waals surface area contributed by atoms with Gasteiger partial charge in [-0.3, -0.25) is 9.59 Å². The van der Waals surface area contributed by atoms with E-state index in [0.717, 1.165) is 0 Å². The van der Waals surface area contributed by atoms with Crippen LogP contribution in [0.2, 0.25) is 0 Å². The summed E-state index contributed by atoms with van der Waals surface area (Å²) < 4.78 is 5.15. The van der Waals surface area contributed by atoms with Gasteiger partial charge in [0, 0.05) is 24.6 Å². The molecule has 0 bridgehead atoms. The molecule has 1 fully saturated rings. The third-order valence-corrected chi connectivity index (χ3v) is 4.77. The fourth-order valence-electron chi connectivity index (χ4n) is 2.89. The largest absolute Gasteiger partial charge is 0.464 e. The molecular weight excluding hydrogens is 402 g/mol. The Morgan fingerprint density at radius 3 is 2.48 bits per heavy atom. The maximum absolute atomic E-state index is 12.8. The van der Waals surface area contributed by atoms with Gasteiger partial charge in [-0.1, -0.05) is 6.92 Å². The maximum Gasteiger partial charge on any atom is 0.339 e. The molecule has 0 aromatic heterocycles. The Bertz CT molecular complexity index is 564. The number of carbonyl (C=O) groups excluding carboxylic acids is 3. The van der Waals surface area contributed by atoms with Crippen molar-refractivity contribution in [2.24, 2.45) is 11.7 Å². The molecule has 1 amide bonds. The van der Waals surface area contributed by atoms with Crippen molar-refractivity contribution in [3.05, 3.63) is 10.1 Å². The average Bonchev–Trinajstić information content (AvgIpc) is 3.04. The monoisotopic (exact) mass is 427 g/mol. The van der Waals surface area contributed by atoms with Crippen LogP contribution in [0.1, 0.15) is 33.1 Å². The Balaban J connectivity index is 0.00000676. The molecule has 27 heavy (non-hydrogen) atoms. The summed E-state index contributed by atoms with van der Waals surface area (Å²) >= 11 is 4.10.